The van der Waals surface area contributed by atoms with Crippen molar-refractivity contribution in [2.45, 2.75) is 13.0 Å². The second-order valence-electron chi connectivity index (χ2n) is 3.63. The van der Waals surface area contributed by atoms with Gasteiger partial charge in [-0.15, -0.1) is 11.3 Å². The van der Waals surface area contributed by atoms with E-state index in [1.54, 1.807) is 0 Å². The number of rotatable bonds is 3. The Bertz CT molecular complexity index is 527. The summed E-state index contributed by atoms with van der Waals surface area (Å²) in [5.74, 6) is 0. The molecule has 0 aliphatic rings. The van der Waals surface area contributed by atoms with Crippen LogP contribution in [0.4, 0.5) is 5.69 Å². The Balaban J connectivity index is 2.20. The van der Waals surface area contributed by atoms with Gasteiger partial charge < -0.3 is 5.32 Å². The third kappa shape index (κ3) is 3.16. The van der Waals surface area contributed by atoms with Gasteiger partial charge in [0.2, 0.25) is 0 Å². The fourth-order valence-corrected chi connectivity index (χ4v) is 3.58. The normalized spacial score (nSPS) is 12.5. The third-order valence-corrected chi connectivity index (χ3v) is 4.60. The van der Waals surface area contributed by atoms with Gasteiger partial charge in [-0.25, -0.2) is 0 Å². The van der Waals surface area contributed by atoms with Crippen LogP contribution in [0.25, 0.3) is 0 Å². The zero-order valence-corrected chi connectivity index (χ0v) is 12.9. The minimum absolute atomic E-state index is 0.116. The van der Waals surface area contributed by atoms with Gasteiger partial charge in [-0.3, -0.25) is 0 Å². The van der Waals surface area contributed by atoms with Gasteiger partial charge in [0, 0.05) is 15.7 Å². The summed E-state index contributed by atoms with van der Waals surface area (Å²) in [5, 5.41) is 3.40. The van der Waals surface area contributed by atoms with Crippen molar-refractivity contribution in [3.05, 3.63) is 49.0 Å². The Morgan fingerprint density at radius 3 is 2.59 bits per heavy atom. The van der Waals surface area contributed by atoms with Gasteiger partial charge in [0.25, 0.3) is 0 Å². The first-order valence-electron chi connectivity index (χ1n) is 5.03. The van der Waals surface area contributed by atoms with Gasteiger partial charge >= 0.3 is 0 Å². The highest BCUT2D eigenvalue weighted by Gasteiger charge is 2.13. The molecule has 90 valence electrons. The van der Waals surface area contributed by atoms with Crippen LogP contribution in [-0.4, -0.2) is 0 Å². The number of thiophene rings is 1. The van der Waals surface area contributed by atoms with Crippen LogP contribution in [-0.2, 0) is 0 Å². The van der Waals surface area contributed by atoms with E-state index in [2.05, 4.69) is 28.2 Å². The van der Waals surface area contributed by atoms with Gasteiger partial charge in [-0.05, 0) is 41.1 Å². The maximum atomic E-state index is 6.13. The van der Waals surface area contributed by atoms with Gasteiger partial charge in [0.15, 0.2) is 0 Å². The molecular formula is C12H10BrCl2NS. The molecule has 1 nitrogen and oxygen atoms in total. The van der Waals surface area contributed by atoms with Crippen LogP contribution in [0.1, 0.15) is 18.5 Å². The number of benzene rings is 1. The van der Waals surface area contributed by atoms with E-state index in [-0.39, 0.29) is 6.04 Å². The Morgan fingerprint density at radius 1 is 1.29 bits per heavy atom. The number of hydrogen-bond donors (Lipinski definition) is 1. The lowest BCUT2D eigenvalue weighted by atomic mass is 10.1. The zero-order chi connectivity index (χ0) is 12.4. The fourth-order valence-electron chi connectivity index (χ4n) is 1.54. The fraction of sp³-hybridized carbons (Fsp3) is 0.167. The molecule has 2 rings (SSSR count). The number of anilines is 1. The summed E-state index contributed by atoms with van der Waals surface area (Å²) in [6.07, 6.45) is 0. The number of halogens is 3. The summed E-state index contributed by atoms with van der Waals surface area (Å²) in [4.78, 5) is 0. The van der Waals surface area contributed by atoms with E-state index in [0.29, 0.717) is 4.34 Å². The van der Waals surface area contributed by atoms with Crippen molar-refractivity contribution < 1.29 is 0 Å². The molecule has 0 saturated carbocycles. The van der Waals surface area contributed by atoms with Crippen molar-refractivity contribution in [3.8, 4) is 0 Å². The zero-order valence-electron chi connectivity index (χ0n) is 9.01. The molecule has 1 unspecified atom stereocenters. The second-order valence-corrected chi connectivity index (χ2v) is 6.77. The smallest absolute Gasteiger partial charge is 0.0996 e. The topological polar surface area (TPSA) is 12.0 Å². The lowest BCUT2D eigenvalue weighted by molar-refractivity contribution is 0.889. The summed E-state index contributed by atoms with van der Waals surface area (Å²) in [7, 11) is 0. The summed E-state index contributed by atoms with van der Waals surface area (Å²) in [5.41, 5.74) is 2.07. The van der Waals surface area contributed by atoms with Crippen LogP contribution in [0.3, 0.4) is 0 Å². The maximum absolute atomic E-state index is 6.13. The number of para-hydroxylation sites is 1. The van der Waals surface area contributed by atoms with Gasteiger partial charge in [-0.2, -0.15) is 0 Å². The van der Waals surface area contributed by atoms with E-state index in [4.69, 9.17) is 23.2 Å². The van der Waals surface area contributed by atoms with E-state index < -0.39 is 0 Å². The van der Waals surface area contributed by atoms with Crippen molar-refractivity contribution in [1.29, 1.82) is 0 Å². The molecule has 1 aromatic heterocycles. The standard InChI is InChI=1S/C12H10BrCl2NS/c1-7(8-6-11(14)17-12(8)15)16-10-5-3-2-4-9(10)13/h2-7,16H,1H3. The first-order chi connectivity index (χ1) is 8.08. The summed E-state index contributed by atoms with van der Waals surface area (Å²) in [6.45, 7) is 2.06. The monoisotopic (exact) mass is 349 g/mol. The highest BCUT2D eigenvalue weighted by molar-refractivity contribution is 9.10. The first kappa shape index (κ1) is 13.2. The molecule has 0 aliphatic heterocycles. The molecule has 0 bridgehead atoms. The lowest BCUT2D eigenvalue weighted by Crippen LogP contribution is -2.06. The summed E-state index contributed by atoms with van der Waals surface area (Å²) in [6, 6.07) is 10.0. The molecule has 0 fully saturated rings. The molecular weight excluding hydrogens is 341 g/mol. The number of nitrogens with one attached hydrogen (secondary N) is 1. The molecule has 1 heterocycles. The van der Waals surface area contributed by atoms with Crippen LogP contribution in [0.15, 0.2) is 34.8 Å². The van der Waals surface area contributed by atoms with E-state index >= 15 is 0 Å². The maximum Gasteiger partial charge on any atom is 0.0996 e. The molecule has 2 aromatic rings. The minimum atomic E-state index is 0.116. The van der Waals surface area contributed by atoms with Crippen LogP contribution in [0, 0.1) is 0 Å². The molecule has 1 atom stereocenters. The average Bonchev–Trinajstić information content (AvgIpc) is 2.61. The Hall–Kier alpha value is -0.220. The Kier molecular flexibility index (Phi) is 4.36. The Morgan fingerprint density at radius 2 is 2.00 bits per heavy atom. The average molecular weight is 351 g/mol. The molecule has 0 radical (unpaired) electrons. The summed E-state index contributed by atoms with van der Waals surface area (Å²) >= 11 is 17.0. The van der Waals surface area contributed by atoms with E-state index in [0.717, 1.165) is 20.1 Å². The van der Waals surface area contributed by atoms with Crippen molar-refractivity contribution >= 4 is 56.2 Å². The number of hydrogen-bond acceptors (Lipinski definition) is 2. The van der Waals surface area contributed by atoms with Gasteiger partial charge in [0.1, 0.15) is 0 Å². The van der Waals surface area contributed by atoms with Crippen molar-refractivity contribution in [1.82, 2.24) is 0 Å². The molecule has 1 N–H and O–H groups in total. The molecule has 1 aromatic carbocycles. The van der Waals surface area contributed by atoms with E-state index in [9.17, 15) is 0 Å². The van der Waals surface area contributed by atoms with Crippen molar-refractivity contribution in [2.24, 2.45) is 0 Å². The van der Waals surface area contributed by atoms with Gasteiger partial charge in [-0.1, -0.05) is 35.3 Å². The quantitative estimate of drug-likeness (QED) is 0.716. The van der Waals surface area contributed by atoms with Crippen LogP contribution in [0.2, 0.25) is 8.67 Å². The molecule has 5 heteroatoms. The lowest BCUT2D eigenvalue weighted by Gasteiger charge is -2.15. The molecule has 0 amide bonds. The third-order valence-electron chi connectivity index (χ3n) is 2.40. The van der Waals surface area contributed by atoms with Gasteiger partial charge in [0.05, 0.1) is 14.7 Å². The van der Waals surface area contributed by atoms with Crippen molar-refractivity contribution in [3.63, 3.8) is 0 Å². The second kappa shape index (κ2) is 5.61. The van der Waals surface area contributed by atoms with E-state index in [1.807, 2.05) is 30.3 Å². The van der Waals surface area contributed by atoms with Crippen LogP contribution in [0.5, 0.6) is 0 Å². The Labute approximate surface area is 123 Å². The summed E-state index contributed by atoms with van der Waals surface area (Å²) < 4.78 is 2.48. The predicted molar refractivity (Wildman–Crippen MR) is 80.5 cm³/mol. The predicted octanol–water partition coefficient (Wildman–Crippen LogP) is 5.99. The molecule has 0 spiro atoms. The molecule has 0 saturated heterocycles. The first-order valence-corrected chi connectivity index (χ1v) is 7.40. The minimum Gasteiger partial charge on any atom is -0.378 e. The van der Waals surface area contributed by atoms with Crippen LogP contribution < -0.4 is 5.32 Å². The van der Waals surface area contributed by atoms with Crippen LogP contribution >= 0.6 is 50.5 Å². The highest BCUT2D eigenvalue weighted by Crippen LogP contribution is 2.36. The molecule has 17 heavy (non-hydrogen) atoms. The van der Waals surface area contributed by atoms with Crippen molar-refractivity contribution in [2.75, 3.05) is 5.32 Å². The SMILES string of the molecule is CC(Nc1ccccc1Br)c1cc(Cl)sc1Cl. The molecule has 0 aliphatic carbocycles. The highest BCUT2D eigenvalue weighted by atomic mass is 79.9. The largest absolute Gasteiger partial charge is 0.378 e. The van der Waals surface area contributed by atoms with E-state index in [1.165, 1.54) is 11.3 Å².